The number of hydrogen-bond acceptors (Lipinski definition) is 6. The third kappa shape index (κ3) is 6.68. The second-order valence-corrected chi connectivity index (χ2v) is 19.5. The molecule has 0 radical (unpaired) electrons. The second kappa shape index (κ2) is 13.1. The van der Waals surface area contributed by atoms with E-state index in [1.54, 1.807) is 0 Å². The molecule has 10 heteroatoms. The number of fused-ring (bicyclic) bond motifs is 5. The molecular formula is C36H62F2N2O5S. The Bertz CT molecular complexity index is 1210. The molecule has 0 aromatic rings. The minimum atomic E-state index is -3.13. The van der Waals surface area contributed by atoms with Crippen LogP contribution in [0.25, 0.3) is 0 Å². The predicted molar refractivity (Wildman–Crippen MR) is 177 cm³/mol. The van der Waals surface area contributed by atoms with Crippen LogP contribution in [0.1, 0.15) is 113 Å². The Kier molecular flexibility index (Phi) is 10.4. The van der Waals surface area contributed by atoms with Crippen LogP contribution < -0.4 is 0 Å². The number of hydrogen-bond donors (Lipinski definition) is 2. The van der Waals surface area contributed by atoms with E-state index >= 15 is 0 Å². The molecule has 11 atom stereocenters. The minimum Gasteiger partial charge on any atom is -0.393 e. The molecule has 5 aliphatic rings. The Morgan fingerprint density at radius 2 is 1.57 bits per heavy atom. The van der Waals surface area contributed by atoms with Crippen molar-refractivity contribution in [3.05, 3.63) is 0 Å². The van der Waals surface area contributed by atoms with E-state index in [0.29, 0.717) is 50.4 Å². The van der Waals surface area contributed by atoms with Gasteiger partial charge in [-0.1, -0.05) is 20.8 Å². The highest BCUT2D eigenvalue weighted by Gasteiger charge is 2.66. The number of sulfone groups is 1. The highest BCUT2D eigenvalue weighted by molar-refractivity contribution is 7.91. The SMILES string of the molecule is CC(C)N(CCN(C(=O)CC[C@@H](C)[C@H]1CCC2C3C(CC[C@@]21C)[C@@]1(C)CC(F)(F)[C@H](O)C[C@H]1C[C@@H]3O)C1CCS(=O)(=O)C1)C(C)C. The Morgan fingerprint density at radius 1 is 0.913 bits per heavy atom. The van der Waals surface area contributed by atoms with Crippen molar-refractivity contribution in [3.63, 3.8) is 0 Å². The summed E-state index contributed by atoms with van der Waals surface area (Å²) in [6.07, 6.45) is 3.49. The van der Waals surface area contributed by atoms with E-state index < -0.39 is 33.4 Å². The zero-order valence-electron chi connectivity index (χ0n) is 29.4. The molecule has 1 aliphatic heterocycles. The largest absolute Gasteiger partial charge is 0.393 e. The van der Waals surface area contributed by atoms with Crippen LogP contribution in [0.3, 0.4) is 0 Å². The van der Waals surface area contributed by atoms with Gasteiger partial charge in [0, 0.05) is 44.1 Å². The van der Waals surface area contributed by atoms with Gasteiger partial charge < -0.3 is 15.1 Å². The number of alkyl halides is 2. The molecule has 0 spiro atoms. The molecule has 7 nitrogen and oxygen atoms in total. The molecule has 4 unspecified atom stereocenters. The highest BCUT2D eigenvalue weighted by atomic mass is 32.2. The van der Waals surface area contributed by atoms with Crippen LogP contribution in [0.5, 0.6) is 0 Å². The van der Waals surface area contributed by atoms with Gasteiger partial charge in [-0.05, 0) is 125 Å². The monoisotopic (exact) mass is 672 g/mol. The lowest BCUT2D eigenvalue weighted by atomic mass is 9.43. The van der Waals surface area contributed by atoms with Crippen LogP contribution in [-0.4, -0.2) is 95.2 Å². The summed E-state index contributed by atoms with van der Waals surface area (Å²) in [6, 6.07) is 0.393. The standard InChI is InChI=1S/C36H62F2N2O5S/c1-22(2)39(23(3)4)15-16-40(26-13-17-46(44,45)20-26)32(43)11-8-24(5)27-9-10-28-33-29(12-14-34(27,28)6)35(7)21-36(37,38)31(42)19-25(35)18-30(33)41/h22-31,33,41-42H,8-21H2,1-7H3/t24-,25-,26?,27-,28?,29?,30+,31-,33?,34-,35+/m1/s1. The first kappa shape index (κ1) is 36.4. The number of carbonyl (C=O) groups excluding carboxylic acids is 1. The smallest absolute Gasteiger partial charge is 0.274 e. The maximum absolute atomic E-state index is 14.9. The van der Waals surface area contributed by atoms with Gasteiger partial charge in [-0.2, -0.15) is 0 Å². The van der Waals surface area contributed by atoms with Gasteiger partial charge in [0.2, 0.25) is 5.91 Å². The van der Waals surface area contributed by atoms with Gasteiger partial charge in [0.25, 0.3) is 5.92 Å². The van der Waals surface area contributed by atoms with Gasteiger partial charge in [0.15, 0.2) is 9.84 Å². The maximum atomic E-state index is 14.9. The van der Waals surface area contributed by atoms with Gasteiger partial charge >= 0.3 is 0 Å². The molecule has 0 aromatic carbocycles. The number of halogens is 2. The Balaban J connectivity index is 1.26. The topological polar surface area (TPSA) is 98.2 Å². The highest BCUT2D eigenvalue weighted by Crippen LogP contribution is 2.69. The molecule has 4 aliphatic carbocycles. The van der Waals surface area contributed by atoms with Crippen molar-refractivity contribution in [3.8, 4) is 0 Å². The Hall–Kier alpha value is -0.840. The summed E-state index contributed by atoms with van der Waals surface area (Å²) in [5.74, 6) is -1.98. The van der Waals surface area contributed by atoms with Crippen molar-refractivity contribution < 1.29 is 32.2 Å². The first-order valence-corrected chi connectivity index (χ1v) is 20.1. The minimum absolute atomic E-state index is 0.00505. The normalized spacial score (nSPS) is 42.1. The lowest BCUT2D eigenvalue weighted by Gasteiger charge is -2.63. The van der Waals surface area contributed by atoms with E-state index in [-0.39, 0.29) is 71.3 Å². The van der Waals surface area contributed by atoms with Crippen LogP contribution in [-0.2, 0) is 14.6 Å². The maximum Gasteiger partial charge on any atom is 0.274 e. The van der Waals surface area contributed by atoms with Crippen molar-refractivity contribution in [1.82, 2.24) is 9.80 Å². The molecule has 2 N–H and O–H groups in total. The summed E-state index contributed by atoms with van der Waals surface area (Å²) in [5, 5.41) is 21.7. The molecule has 5 fully saturated rings. The summed E-state index contributed by atoms with van der Waals surface area (Å²) in [6.45, 7) is 16.5. The molecule has 46 heavy (non-hydrogen) atoms. The van der Waals surface area contributed by atoms with Crippen molar-refractivity contribution in [2.45, 2.75) is 149 Å². The van der Waals surface area contributed by atoms with Gasteiger partial charge in [0.05, 0.1) is 17.6 Å². The summed E-state index contributed by atoms with van der Waals surface area (Å²) < 4.78 is 54.6. The van der Waals surface area contributed by atoms with E-state index in [9.17, 15) is 32.2 Å². The van der Waals surface area contributed by atoms with E-state index in [0.717, 1.165) is 32.1 Å². The molecule has 266 valence electrons. The third-order valence-corrected chi connectivity index (χ3v) is 15.9. The van der Waals surface area contributed by atoms with E-state index in [2.05, 4.69) is 46.4 Å². The lowest BCUT2D eigenvalue weighted by molar-refractivity contribution is -0.236. The van der Waals surface area contributed by atoms with Crippen molar-refractivity contribution in [2.75, 3.05) is 24.6 Å². The van der Waals surface area contributed by atoms with Crippen molar-refractivity contribution in [2.24, 2.45) is 46.3 Å². The summed E-state index contributed by atoms with van der Waals surface area (Å²) in [7, 11) is -3.13. The summed E-state index contributed by atoms with van der Waals surface area (Å²) >= 11 is 0. The average Bonchev–Trinajstić information content (AvgIpc) is 3.49. The number of aliphatic hydroxyl groups is 2. The third-order valence-electron chi connectivity index (χ3n) is 14.2. The van der Waals surface area contributed by atoms with Gasteiger partial charge in [-0.15, -0.1) is 0 Å². The van der Waals surface area contributed by atoms with Crippen LogP contribution in [0.4, 0.5) is 8.78 Å². The van der Waals surface area contributed by atoms with Crippen molar-refractivity contribution >= 4 is 15.7 Å². The molecule has 1 heterocycles. The number of amides is 1. The summed E-state index contributed by atoms with van der Waals surface area (Å²) in [4.78, 5) is 18.1. The molecule has 4 saturated carbocycles. The fourth-order valence-corrected chi connectivity index (χ4v) is 13.5. The number of nitrogens with zero attached hydrogens (tertiary/aromatic N) is 2. The average molecular weight is 673 g/mol. The zero-order valence-corrected chi connectivity index (χ0v) is 30.2. The van der Waals surface area contributed by atoms with Crippen molar-refractivity contribution in [1.29, 1.82) is 0 Å². The molecule has 1 amide bonds. The summed E-state index contributed by atoms with van der Waals surface area (Å²) in [5.41, 5.74) is -0.596. The van der Waals surface area contributed by atoms with Crippen LogP contribution in [0.15, 0.2) is 0 Å². The number of rotatable bonds is 10. The molecule has 1 saturated heterocycles. The number of aliphatic hydroxyl groups excluding tert-OH is 2. The predicted octanol–water partition coefficient (Wildman–Crippen LogP) is 5.77. The van der Waals surface area contributed by atoms with Gasteiger partial charge in [-0.25, -0.2) is 17.2 Å². The fraction of sp³-hybridized carbons (Fsp3) is 0.972. The molecule has 0 aromatic heterocycles. The molecule has 5 rings (SSSR count). The molecule has 0 bridgehead atoms. The number of carbonyl (C=O) groups is 1. The fourth-order valence-electron chi connectivity index (χ4n) is 11.8. The van der Waals surface area contributed by atoms with Crippen LogP contribution >= 0.6 is 0 Å². The van der Waals surface area contributed by atoms with E-state index in [1.165, 1.54) is 0 Å². The molecular weight excluding hydrogens is 610 g/mol. The van der Waals surface area contributed by atoms with Gasteiger partial charge in [0.1, 0.15) is 6.10 Å². The quantitative estimate of drug-likeness (QED) is 0.306. The Labute approximate surface area is 277 Å². The van der Waals surface area contributed by atoms with E-state index in [4.69, 9.17) is 0 Å². The van der Waals surface area contributed by atoms with E-state index in [1.807, 2.05) is 11.8 Å². The second-order valence-electron chi connectivity index (χ2n) is 17.3. The zero-order chi connectivity index (χ0) is 34.0. The van der Waals surface area contributed by atoms with Crippen LogP contribution in [0.2, 0.25) is 0 Å². The first-order chi connectivity index (χ1) is 21.3. The van der Waals surface area contributed by atoms with Gasteiger partial charge in [-0.3, -0.25) is 9.69 Å². The Morgan fingerprint density at radius 3 is 2.17 bits per heavy atom. The lowest BCUT2D eigenvalue weighted by Crippen LogP contribution is -2.62. The first-order valence-electron chi connectivity index (χ1n) is 18.3. The van der Waals surface area contributed by atoms with Crippen LogP contribution in [0, 0.1) is 46.3 Å².